The molecule has 2 aliphatic heterocycles. The van der Waals surface area contributed by atoms with Gasteiger partial charge in [0, 0.05) is 32.2 Å². The van der Waals surface area contributed by atoms with E-state index in [9.17, 15) is 15.2 Å². The second-order valence-electron chi connectivity index (χ2n) is 8.08. The van der Waals surface area contributed by atoms with Gasteiger partial charge in [0.05, 0.1) is 34.1 Å². The Morgan fingerprint density at radius 2 is 2.11 bits per heavy atom. The van der Waals surface area contributed by atoms with Crippen molar-refractivity contribution < 1.29 is 14.6 Å². The molecule has 1 amide bonds. The van der Waals surface area contributed by atoms with Gasteiger partial charge in [-0.3, -0.25) is 10.2 Å². The standard InChI is InChI=1S/C19H25ClN4O3/c1-19(2,3)27-18(26)22-15-6-12(9-21)7-16(17(15)20)24-5-4-23-11-14(25)8-13(23)10-24/h6-7,13-14,25H,4-5,8,10-11H2,1-3H3,(H,22,26)/t13-,14-/m1/s1. The van der Waals surface area contributed by atoms with Gasteiger partial charge in [-0.2, -0.15) is 5.26 Å². The van der Waals surface area contributed by atoms with Gasteiger partial charge in [0.2, 0.25) is 0 Å². The van der Waals surface area contributed by atoms with Crippen LogP contribution in [0.5, 0.6) is 0 Å². The average molecular weight is 393 g/mol. The van der Waals surface area contributed by atoms with Crippen LogP contribution >= 0.6 is 11.6 Å². The first kappa shape index (κ1) is 19.7. The molecule has 3 rings (SSSR count). The van der Waals surface area contributed by atoms with Crippen molar-refractivity contribution >= 4 is 29.1 Å². The van der Waals surface area contributed by atoms with Gasteiger partial charge >= 0.3 is 6.09 Å². The molecule has 7 nitrogen and oxygen atoms in total. The van der Waals surface area contributed by atoms with E-state index in [1.165, 1.54) is 0 Å². The summed E-state index contributed by atoms with van der Waals surface area (Å²) in [5, 5.41) is 22.3. The molecule has 27 heavy (non-hydrogen) atoms. The van der Waals surface area contributed by atoms with Crippen molar-refractivity contribution in [2.75, 3.05) is 36.4 Å². The second-order valence-corrected chi connectivity index (χ2v) is 8.46. The number of carbonyl (C=O) groups excluding carboxylic acids is 1. The Bertz CT molecular complexity index is 771. The van der Waals surface area contributed by atoms with Crippen LogP contribution in [0, 0.1) is 11.3 Å². The van der Waals surface area contributed by atoms with E-state index in [1.807, 2.05) is 0 Å². The summed E-state index contributed by atoms with van der Waals surface area (Å²) in [6, 6.07) is 5.67. The Labute approximate surface area is 164 Å². The Kier molecular flexibility index (Phi) is 5.52. The molecule has 1 aromatic rings. The SMILES string of the molecule is CC(C)(C)OC(=O)Nc1cc(C#N)cc(N2CCN3C[C@H](O)C[C@@H]3C2)c1Cl. The van der Waals surface area contributed by atoms with Crippen molar-refractivity contribution in [1.82, 2.24) is 4.90 Å². The summed E-state index contributed by atoms with van der Waals surface area (Å²) < 4.78 is 5.28. The molecule has 8 heteroatoms. The van der Waals surface area contributed by atoms with Crippen LogP contribution in [0.25, 0.3) is 0 Å². The number of hydrogen-bond donors (Lipinski definition) is 2. The highest BCUT2D eigenvalue weighted by atomic mass is 35.5. The first-order valence-corrected chi connectivity index (χ1v) is 9.45. The number of benzene rings is 1. The van der Waals surface area contributed by atoms with Crippen molar-refractivity contribution in [3.05, 3.63) is 22.7 Å². The molecule has 0 aliphatic carbocycles. The minimum Gasteiger partial charge on any atom is -0.444 e. The zero-order valence-electron chi connectivity index (χ0n) is 15.8. The van der Waals surface area contributed by atoms with Crippen LogP contribution in [0.1, 0.15) is 32.8 Å². The topological polar surface area (TPSA) is 88.8 Å². The lowest BCUT2D eigenvalue weighted by Gasteiger charge is -2.39. The third kappa shape index (κ3) is 4.64. The first-order valence-electron chi connectivity index (χ1n) is 9.07. The molecule has 2 fully saturated rings. The number of aliphatic hydroxyl groups is 1. The van der Waals surface area contributed by atoms with E-state index in [0.717, 1.165) is 26.1 Å². The Hall–Kier alpha value is -2.01. The monoisotopic (exact) mass is 392 g/mol. The lowest BCUT2D eigenvalue weighted by atomic mass is 10.1. The van der Waals surface area contributed by atoms with Crippen LogP contribution in [0.3, 0.4) is 0 Å². The maximum Gasteiger partial charge on any atom is 0.412 e. The van der Waals surface area contributed by atoms with Gasteiger partial charge < -0.3 is 14.7 Å². The molecule has 146 valence electrons. The number of nitriles is 1. The maximum atomic E-state index is 12.1. The second kappa shape index (κ2) is 7.55. The number of halogens is 1. The van der Waals surface area contributed by atoms with E-state index in [0.29, 0.717) is 28.5 Å². The summed E-state index contributed by atoms with van der Waals surface area (Å²) in [5.41, 5.74) is 0.845. The lowest BCUT2D eigenvalue weighted by molar-refractivity contribution is 0.0636. The van der Waals surface area contributed by atoms with Gasteiger partial charge in [0.25, 0.3) is 0 Å². The molecule has 2 heterocycles. The molecule has 0 aromatic heterocycles. The predicted octanol–water partition coefficient (Wildman–Crippen LogP) is 2.81. The van der Waals surface area contributed by atoms with Crippen LogP contribution in [0.2, 0.25) is 5.02 Å². The maximum absolute atomic E-state index is 12.1. The molecule has 0 saturated carbocycles. The number of amides is 1. The molecule has 2 aliphatic rings. The normalized spacial score (nSPS) is 22.9. The molecule has 0 radical (unpaired) electrons. The van der Waals surface area contributed by atoms with E-state index in [1.54, 1.807) is 32.9 Å². The van der Waals surface area contributed by atoms with Crippen molar-refractivity contribution in [3.63, 3.8) is 0 Å². The number of anilines is 2. The van der Waals surface area contributed by atoms with E-state index < -0.39 is 11.7 Å². The third-order valence-corrected chi connectivity index (χ3v) is 5.15. The molecule has 2 atom stereocenters. The summed E-state index contributed by atoms with van der Waals surface area (Å²) in [6.45, 7) is 8.32. The average Bonchev–Trinajstić information content (AvgIpc) is 2.94. The van der Waals surface area contributed by atoms with Crippen LogP contribution < -0.4 is 10.2 Å². The first-order chi connectivity index (χ1) is 12.7. The number of nitrogens with zero attached hydrogens (tertiary/aromatic N) is 3. The number of carbonyl (C=O) groups is 1. The summed E-state index contributed by atoms with van der Waals surface area (Å²) in [6.07, 6.45) is -0.177. The van der Waals surface area contributed by atoms with Crippen LogP contribution in [0.4, 0.5) is 16.2 Å². The Balaban J connectivity index is 1.83. The lowest BCUT2D eigenvalue weighted by Crippen LogP contribution is -2.50. The Morgan fingerprint density at radius 3 is 2.78 bits per heavy atom. The summed E-state index contributed by atoms with van der Waals surface area (Å²) in [5.74, 6) is 0. The smallest absolute Gasteiger partial charge is 0.412 e. The molecule has 0 bridgehead atoms. The fourth-order valence-corrected chi connectivity index (χ4v) is 3.92. The van der Waals surface area contributed by atoms with Gasteiger partial charge in [-0.05, 0) is 39.3 Å². The van der Waals surface area contributed by atoms with Crippen molar-refractivity contribution in [1.29, 1.82) is 5.26 Å². The minimum absolute atomic E-state index is 0.262. The van der Waals surface area contributed by atoms with Gasteiger partial charge in [0.1, 0.15) is 5.60 Å². The summed E-state index contributed by atoms with van der Waals surface area (Å²) >= 11 is 6.57. The number of fused-ring (bicyclic) bond motifs is 1. The van der Waals surface area contributed by atoms with E-state index in [2.05, 4.69) is 21.2 Å². The highest BCUT2D eigenvalue weighted by molar-refractivity contribution is 6.36. The van der Waals surface area contributed by atoms with Crippen molar-refractivity contribution in [2.45, 2.75) is 44.9 Å². The van der Waals surface area contributed by atoms with E-state index >= 15 is 0 Å². The number of piperazine rings is 1. The number of hydrogen-bond acceptors (Lipinski definition) is 6. The molecule has 1 aromatic carbocycles. The third-order valence-electron chi connectivity index (χ3n) is 4.75. The molecular formula is C19H25ClN4O3. The van der Waals surface area contributed by atoms with Gasteiger partial charge in [-0.1, -0.05) is 11.6 Å². The van der Waals surface area contributed by atoms with Crippen LogP contribution in [0.15, 0.2) is 12.1 Å². The molecule has 2 saturated heterocycles. The number of aliphatic hydroxyl groups excluding tert-OH is 1. The fourth-order valence-electron chi connectivity index (χ4n) is 3.64. The fraction of sp³-hybridized carbons (Fsp3) is 0.579. The zero-order chi connectivity index (χ0) is 19.8. The molecule has 0 unspecified atom stereocenters. The number of rotatable bonds is 2. The van der Waals surface area contributed by atoms with Crippen molar-refractivity contribution in [2.24, 2.45) is 0 Å². The van der Waals surface area contributed by atoms with E-state index in [4.69, 9.17) is 16.3 Å². The Morgan fingerprint density at radius 1 is 1.37 bits per heavy atom. The largest absolute Gasteiger partial charge is 0.444 e. The number of nitrogens with one attached hydrogen (secondary N) is 1. The molecular weight excluding hydrogens is 368 g/mol. The molecule has 0 spiro atoms. The molecule has 2 N–H and O–H groups in total. The zero-order valence-corrected chi connectivity index (χ0v) is 16.6. The predicted molar refractivity (Wildman–Crippen MR) is 104 cm³/mol. The van der Waals surface area contributed by atoms with Crippen LogP contribution in [-0.2, 0) is 4.74 Å². The van der Waals surface area contributed by atoms with Crippen LogP contribution in [-0.4, -0.2) is 60.0 Å². The van der Waals surface area contributed by atoms with Gasteiger partial charge in [-0.15, -0.1) is 0 Å². The van der Waals surface area contributed by atoms with Gasteiger partial charge in [0.15, 0.2) is 0 Å². The quantitative estimate of drug-likeness (QED) is 0.804. The van der Waals surface area contributed by atoms with Gasteiger partial charge in [-0.25, -0.2) is 4.79 Å². The minimum atomic E-state index is -0.633. The highest BCUT2D eigenvalue weighted by Gasteiger charge is 2.36. The summed E-state index contributed by atoms with van der Waals surface area (Å²) in [7, 11) is 0. The number of ether oxygens (including phenoxy) is 1. The van der Waals surface area contributed by atoms with Crippen molar-refractivity contribution in [3.8, 4) is 6.07 Å². The highest BCUT2D eigenvalue weighted by Crippen LogP contribution is 2.37. The summed E-state index contributed by atoms with van der Waals surface area (Å²) in [4.78, 5) is 16.5. The van der Waals surface area contributed by atoms with E-state index in [-0.39, 0.29) is 12.1 Å².